The Labute approximate surface area is 318 Å². The normalized spacial score (nSPS) is 11.9. The van der Waals surface area contributed by atoms with Gasteiger partial charge in [-0.3, -0.25) is 4.79 Å². The van der Waals surface area contributed by atoms with Gasteiger partial charge in [-0.05, 0) is 19.3 Å². The maximum atomic E-state index is 13.0. The fourth-order valence-corrected chi connectivity index (χ4v) is 7.27. The molecule has 51 heavy (non-hydrogen) atoms. The Morgan fingerprint density at radius 3 is 0.882 bits per heavy atom. The lowest BCUT2D eigenvalue weighted by molar-refractivity contribution is -0.260. The number of carbonyl (C=O) groups excluding carboxylic acids is 3. The van der Waals surface area contributed by atoms with Gasteiger partial charge in [0.1, 0.15) is 0 Å². The number of ketones is 1. The highest BCUT2D eigenvalue weighted by atomic mass is 17.2. The van der Waals surface area contributed by atoms with E-state index in [0.29, 0.717) is 6.42 Å². The quantitative estimate of drug-likeness (QED) is 0.0272. The third-order valence-electron chi connectivity index (χ3n) is 10.8. The first-order valence-electron chi connectivity index (χ1n) is 23.0. The molecule has 0 aromatic rings. The minimum Gasteiger partial charge on any atom is -0.287 e. The first kappa shape index (κ1) is 49.6. The molecule has 0 bridgehead atoms. The molecule has 0 aliphatic rings. The number of Topliss-reactive ketones (excluding diaryl/α,β-unsaturated/α-hetero) is 1. The molecule has 5 heteroatoms. The van der Waals surface area contributed by atoms with Crippen LogP contribution >= 0.6 is 0 Å². The Bertz CT molecular complexity index is 750. The van der Waals surface area contributed by atoms with Crippen molar-refractivity contribution in [3.8, 4) is 0 Å². The van der Waals surface area contributed by atoms with E-state index in [-0.39, 0.29) is 12.3 Å². The molecule has 302 valence electrons. The van der Waals surface area contributed by atoms with Gasteiger partial charge in [-0.15, -0.1) is 0 Å². The molecule has 1 atom stereocenters. The highest BCUT2D eigenvalue weighted by molar-refractivity contribution is 6.33. The molecule has 0 aliphatic heterocycles. The molecular weight excluding hydrogens is 633 g/mol. The topological polar surface area (TPSA) is 69.7 Å². The molecule has 0 aromatic heterocycles. The fraction of sp³-hybridized carbons (Fsp3) is 0.935. The first-order chi connectivity index (χ1) is 25.1. The van der Waals surface area contributed by atoms with Gasteiger partial charge < -0.3 is 0 Å². The predicted molar refractivity (Wildman–Crippen MR) is 218 cm³/mol. The molecule has 0 aliphatic carbocycles. The summed E-state index contributed by atoms with van der Waals surface area (Å²) in [5, 5.41) is 0. The van der Waals surface area contributed by atoms with Gasteiger partial charge in [-0.1, -0.05) is 245 Å². The van der Waals surface area contributed by atoms with Crippen LogP contribution in [-0.4, -0.2) is 17.7 Å². The van der Waals surface area contributed by atoms with Crippen LogP contribution in [0.2, 0.25) is 0 Å². The molecule has 0 rings (SSSR count). The Kier molecular flexibility index (Phi) is 40.2. The van der Waals surface area contributed by atoms with E-state index in [1.807, 2.05) is 0 Å². The molecule has 0 saturated heterocycles. The second-order valence-corrected chi connectivity index (χ2v) is 15.9. The van der Waals surface area contributed by atoms with Crippen LogP contribution in [0.5, 0.6) is 0 Å². The molecule has 0 spiro atoms. The summed E-state index contributed by atoms with van der Waals surface area (Å²) in [7, 11) is 0. The van der Waals surface area contributed by atoms with Gasteiger partial charge in [0.15, 0.2) is 0 Å². The van der Waals surface area contributed by atoms with Gasteiger partial charge >= 0.3 is 11.9 Å². The third-order valence-corrected chi connectivity index (χ3v) is 10.8. The second kappa shape index (κ2) is 41.4. The van der Waals surface area contributed by atoms with E-state index in [4.69, 9.17) is 9.78 Å². The zero-order valence-corrected chi connectivity index (χ0v) is 34.7. The Morgan fingerprint density at radius 1 is 0.333 bits per heavy atom. The number of rotatable bonds is 41. The van der Waals surface area contributed by atoms with Gasteiger partial charge in [0.25, 0.3) is 0 Å². The average Bonchev–Trinajstić information content (AvgIpc) is 3.13. The largest absolute Gasteiger partial charge is 0.421 e. The van der Waals surface area contributed by atoms with Crippen LogP contribution in [0.25, 0.3) is 0 Å². The van der Waals surface area contributed by atoms with Crippen molar-refractivity contribution in [2.24, 2.45) is 5.92 Å². The monoisotopic (exact) mass is 721 g/mol. The molecule has 0 amide bonds. The van der Waals surface area contributed by atoms with Crippen molar-refractivity contribution in [3.05, 3.63) is 0 Å². The van der Waals surface area contributed by atoms with Gasteiger partial charge in [0, 0.05) is 6.42 Å². The van der Waals surface area contributed by atoms with Crippen molar-refractivity contribution in [2.45, 2.75) is 271 Å². The zero-order valence-electron chi connectivity index (χ0n) is 34.7. The summed E-state index contributed by atoms with van der Waals surface area (Å²) in [5.41, 5.74) is 0. The molecule has 0 aromatic carbocycles. The van der Waals surface area contributed by atoms with Gasteiger partial charge in [0.2, 0.25) is 5.78 Å². The number of hydrogen-bond donors (Lipinski definition) is 0. The lowest BCUT2D eigenvalue weighted by atomic mass is 9.94. The minimum atomic E-state index is -1.03. The van der Waals surface area contributed by atoms with Gasteiger partial charge in [0.05, 0.1) is 5.92 Å². The predicted octanol–water partition coefficient (Wildman–Crippen LogP) is 15.4. The van der Waals surface area contributed by atoms with Crippen molar-refractivity contribution in [1.82, 2.24) is 0 Å². The molecule has 1 unspecified atom stereocenters. The van der Waals surface area contributed by atoms with Crippen LogP contribution in [0.4, 0.5) is 0 Å². The number of hydrogen-bond acceptors (Lipinski definition) is 5. The van der Waals surface area contributed by atoms with Crippen LogP contribution < -0.4 is 0 Å². The van der Waals surface area contributed by atoms with Gasteiger partial charge in [-0.25, -0.2) is 19.4 Å². The van der Waals surface area contributed by atoms with E-state index in [1.54, 1.807) is 0 Å². The summed E-state index contributed by atoms with van der Waals surface area (Å²) in [6.45, 7) is 6.78. The van der Waals surface area contributed by atoms with Crippen molar-refractivity contribution >= 4 is 17.7 Å². The molecule has 0 radical (unpaired) electrons. The van der Waals surface area contributed by atoms with Crippen LogP contribution in [-0.2, 0) is 24.2 Å². The molecule has 0 fully saturated rings. The van der Waals surface area contributed by atoms with E-state index in [0.717, 1.165) is 51.4 Å². The van der Waals surface area contributed by atoms with Crippen LogP contribution in [0, 0.1) is 5.92 Å². The summed E-state index contributed by atoms with van der Waals surface area (Å²) in [6.07, 6.45) is 47.1. The SMILES string of the molecule is CCCCCCCCCCCCCCCCC(=O)C(=O)OOC(=O)C(CCCCCCCCCC)CCCCCCCCCCCCCCCC. The van der Waals surface area contributed by atoms with Crippen molar-refractivity contribution in [3.63, 3.8) is 0 Å². The molecular formula is C46H88O5. The summed E-state index contributed by atoms with van der Waals surface area (Å²) >= 11 is 0. The number of carbonyl (C=O) groups is 3. The summed E-state index contributed by atoms with van der Waals surface area (Å²) in [5.74, 6) is -2.37. The van der Waals surface area contributed by atoms with E-state index < -0.39 is 17.7 Å². The smallest absolute Gasteiger partial charge is 0.287 e. The highest BCUT2D eigenvalue weighted by Crippen LogP contribution is 2.22. The highest BCUT2D eigenvalue weighted by Gasteiger charge is 2.24. The molecule has 5 nitrogen and oxygen atoms in total. The van der Waals surface area contributed by atoms with E-state index in [2.05, 4.69) is 20.8 Å². The average molecular weight is 721 g/mol. The number of unbranched alkanes of at least 4 members (excludes halogenated alkanes) is 33. The summed E-state index contributed by atoms with van der Waals surface area (Å²) in [6, 6.07) is 0. The zero-order chi connectivity index (χ0) is 37.3. The maximum absolute atomic E-state index is 13.0. The van der Waals surface area contributed by atoms with Crippen LogP contribution in [0.1, 0.15) is 271 Å². The third kappa shape index (κ3) is 36.7. The lowest BCUT2D eigenvalue weighted by Crippen LogP contribution is -2.24. The van der Waals surface area contributed by atoms with E-state index in [9.17, 15) is 14.4 Å². The Hall–Kier alpha value is -1.39. The molecule has 0 saturated carbocycles. The Morgan fingerprint density at radius 2 is 0.588 bits per heavy atom. The van der Waals surface area contributed by atoms with Crippen LogP contribution in [0.15, 0.2) is 0 Å². The minimum absolute atomic E-state index is 0.162. The van der Waals surface area contributed by atoms with E-state index >= 15 is 0 Å². The molecule has 0 heterocycles. The first-order valence-corrected chi connectivity index (χ1v) is 23.0. The van der Waals surface area contributed by atoms with Crippen molar-refractivity contribution < 1.29 is 24.2 Å². The van der Waals surface area contributed by atoms with Gasteiger partial charge in [-0.2, -0.15) is 0 Å². The summed E-state index contributed by atoms with van der Waals surface area (Å²) in [4.78, 5) is 47.4. The lowest BCUT2D eigenvalue weighted by Gasteiger charge is -2.14. The maximum Gasteiger partial charge on any atom is 0.421 e. The Balaban J connectivity index is 4.18. The second-order valence-electron chi connectivity index (χ2n) is 15.9. The standard InChI is InChI=1S/C46H88O5/c1-4-7-10-13-16-19-21-23-25-27-29-32-35-38-41-43(40-37-34-31-18-15-12-9-6-3)45(48)50-51-46(49)44(47)42-39-36-33-30-28-26-24-22-20-17-14-11-8-5-2/h43H,4-42H2,1-3H3. The van der Waals surface area contributed by atoms with Crippen molar-refractivity contribution in [2.75, 3.05) is 0 Å². The van der Waals surface area contributed by atoms with Crippen molar-refractivity contribution in [1.29, 1.82) is 0 Å². The summed E-state index contributed by atoms with van der Waals surface area (Å²) < 4.78 is 0. The molecule has 0 N–H and O–H groups in total. The fourth-order valence-electron chi connectivity index (χ4n) is 7.27. The van der Waals surface area contributed by atoms with E-state index in [1.165, 1.54) is 186 Å². The van der Waals surface area contributed by atoms with Crippen LogP contribution in [0.3, 0.4) is 0 Å².